The van der Waals surface area contributed by atoms with Crippen molar-refractivity contribution in [1.29, 1.82) is 5.26 Å². The smallest absolute Gasteiger partial charge is 0.335 e. The maximum Gasteiger partial charge on any atom is 0.335 e. The predicted molar refractivity (Wildman–Crippen MR) is 109 cm³/mol. The number of nitriles is 1. The van der Waals surface area contributed by atoms with Crippen LogP contribution in [0.1, 0.15) is 27.2 Å². The third kappa shape index (κ3) is 4.25. The first-order valence-corrected chi connectivity index (χ1v) is 8.82. The van der Waals surface area contributed by atoms with E-state index in [2.05, 4.69) is 5.32 Å². The van der Waals surface area contributed by atoms with Crippen molar-refractivity contribution in [3.63, 3.8) is 0 Å². The van der Waals surface area contributed by atoms with Crippen molar-refractivity contribution in [1.82, 2.24) is 0 Å². The highest BCUT2D eigenvalue weighted by Gasteiger charge is 2.15. The molecule has 0 aliphatic rings. The Labute approximate surface area is 167 Å². The van der Waals surface area contributed by atoms with Crippen LogP contribution in [-0.4, -0.2) is 17.0 Å². The van der Waals surface area contributed by atoms with Gasteiger partial charge < -0.3 is 14.8 Å². The van der Waals surface area contributed by atoms with Crippen LogP contribution in [0, 0.1) is 25.2 Å². The molecule has 0 bridgehead atoms. The van der Waals surface area contributed by atoms with Crippen molar-refractivity contribution in [2.24, 2.45) is 0 Å². The van der Waals surface area contributed by atoms with Gasteiger partial charge in [0.1, 0.15) is 23.2 Å². The first-order chi connectivity index (χ1) is 13.9. The van der Waals surface area contributed by atoms with Crippen LogP contribution in [0.25, 0.3) is 17.4 Å². The number of carboxylic acid groups (broad SMARTS) is 1. The summed E-state index contributed by atoms with van der Waals surface area (Å²) in [5.74, 6) is -0.787. The highest BCUT2D eigenvalue weighted by atomic mass is 16.4. The summed E-state index contributed by atoms with van der Waals surface area (Å²) in [6.07, 6.45) is 1.35. The van der Waals surface area contributed by atoms with Crippen LogP contribution in [-0.2, 0) is 4.79 Å². The Morgan fingerprint density at radius 2 is 1.83 bits per heavy atom. The van der Waals surface area contributed by atoms with E-state index in [1.165, 1.54) is 12.1 Å². The molecule has 0 aliphatic heterocycles. The molecule has 2 aromatic carbocycles. The summed E-state index contributed by atoms with van der Waals surface area (Å²) in [5, 5.41) is 21.4. The van der Waals surface area contributed by atoms with Gasteiger partial charge in [0, 0.05) is 17.3 Å². The average Bonchev–Trinajstić information content (AvgIpc) is 3.16. The molecule has 0 saturated carbocycles. The summed E-state index contributed by atoms with van der Waals surface area (Å²) in [5.41, 5.74) is 2.79. The Hall–Kier alpha value is -4.11. The second-order valence-corrected chi connectivity index (χ2v) is 6.42. The number of nitrogens with zero attached hydrogens (tertiary/aromatic N) is 1. The van der Waals surface area contributed by atoms with Crippen LogP contribution in [0.5, 0.6) is 0 Å². The number of carboxylic acids is 1. The molecule has 3 aromatic rings. The number of hydrogen-bond acceptors (Lipinski definition) is 4. The van der Waals surface area contributed by atoms with E-state index in [0.717, 1.165) is 5.56 Å². The van der Waals surface area contributed by atoms with E-state index >= 15 is 0 Å². The number of carbonyl (C=O) groups excluding carboxylic acids is 1. The van der Waals surface area contributed by atoms with Crippen molar-refractivity contribution < 1.29 is 19.1 Å². The van der Waals surface area contributed by atoms with Gasteiger partial charge in [0.2, 0.25) is 0 Å². The molecule has 0 radical (unpaired) electrons. The number of benzene rings is 2. The van der Waals surface area contributed by atoms with Gasteiger partial charge in [-0.1, -0.05) is 30.3 Å². The molecule has 0 unspecified atom stereocenters. The molecule has 6 nitrogen and oxygen atoms in total. The molecule has 1 amide bonds. The fourth-order valence-corrected chi connectivity index (χ4v) is 2.90. The zero-order valence-electron chi connectivity index (χ0n) is 15.9. The van der Waals surface area contributed by atoms with E-state index in [4.69, 9.17) is 4.42 Å². The lowest BCUT2D eigenvalue weighted by molar-refractivity contribution is -0.112. The molecule has 0 spiro atoms. The molecule has 0 aliphatic carbocycles. The number of furan rings is 1. The average molecular weight is 386 g/mol. The monoisotopic (exact) mass is 386 g/mol. The van der Waals surface area contributed by atoms with Crippen LogP contribution >= 0.6 is 0 Å². The van der Waals surface area contributed by atoms with Crippen LogP contribution in [0.2, 0.25) is 0 Å². The van der Waals surface area contributed by atoms with E-state index in [1.54, 1.807) is 43.3 Å². The number of nitrogens with one attached hydrogen (secondary N) is 1. The molecule has 6 heteroatoms. The Balaban J connectivity index is 1.88. The van der Waals surface area contributed by atoms with Gasteiger partial charge in [-0.2, -0.15) is 5.26 Å². The van der Waals surface area contributed by atoms with Crippen molar-refractivity contribution >= 4 is 23.6 Å². The highest BCUT2D eigenvalue weighted by Crippen LogP contribution is 2.28. The van der Waals surface area contributed by atoms with Gasteiger partial charge in [-0.25, -0.2) is 4.79 Å². The van der Waals surface area contributed by atoms with Crippen molar-refractivity contribution in [3.8, 4) is 17.4 Å². The number of amides is 1. The number of hydrogen-bond donors (Lipinski definition) is 2. The minimum Gasteiger partial charge on any atom is -0.478 e. The molecule has 3 rings (SSSR count). The van der Waals surface area contributed by atoms with Gasteiger partial charge in [-0.3, -0.25) is 4.79 Å². The number of aryl methyl sites for hydroxylation is 1. The maximum absolute atomic E-state index is 12.4. The lowest BCUT2D eigenvalue weighted by Gasteiger charge is -2.07. The molecular formula is C23H18N2O4. The Morgan fingerprint density at radius 3 is 2.52 bits per heavy atom. The Kier molecular flexibility index (Phi) is 5.61. The van der Waals surface area contributed by atoms with E-state index in [1.807, 2.05) is 25.1 Å². The first kappa shape index (κ1) is 19.6. The maximum atomic E-state index is 12.4. The summed E-state index contributed by atoms with van der Waals surface area (Å²) >= 11 is 0. The third-order valence-electron chi connectivity index (χ3n) is 4.50. The van der Waals surface area contributed by atoms with Crippen molar-refractivity contribution in [2.75, 3.05) is 5.32 Å². The lowest BCUT2D eigenvalue weighted by Crippen LogP contribution is -2.14. The highest BCUT2D eigenvalue weighted by molar-refractivity contribution is 6.09. The quantitative estimate of drug-likeness (QED) is 0.484. The Morgan fingerprint density at radius 1 is 1.07 bits per heavy atom. The zero-order valence-corrected chi connectivity index (χ0v) is 15.9. The van der Waals surface area contributed by atoms with Crippen LogP contribution in [0.4, 0.5) is 5.69 Å². The summed E-state index contributed by atoms with van der Waals surface area (Å²) < 4.78 is 5.74. The van der Waals surface area contributed by atoms with Crippen molar-refractivity contribution in [2.45, 2.75) is 13.8 Å². The van der Waals surface area contributed by atoms with E-state index in [0.29, 0.717) is 28.3 Å². The summed E-state index contributed by atoms with van der Waals surface area (Å²) in [6, 6.07) is 17.4. The standard InChI is InChI=1S/C23H18N2O4/c1-14-6-3-4-9-20(14)25-22(26)16(13-24)12-17-10-11-21(29-17)18-7-5-8-19(15(18)2)23(27)28/h3-12H,1-2H3,(H,25,26)(H,27,28)/b16-12+. The van der Waals surface area contributed by atoms with Gasteiger partial charge in [-0.05, 0) is 49.2 Å². The number of aromatic carboxylic acids is 1. The number of carbonyl (C=O) groups is 2. The van der Waals surface area contributed by atoms with Gasteiger partial charge in [-0.15, -0.1) is 0 Å². The molecular weight excluding hydrogens is 368 g/mol. The summed E-state index contributed by atoms with van der Waals surface area (Å²) in [4.78, 5) is 23.8. The summed E-state index contributed by atoms with van der Waals surface area (Å²) in [6.45, 7) is 3.56. The predicted octanol–water partition coefficient (Wildman–Crippen LogP) is 4.81. The Bertz CT molecular complexity index is 1170. The van der Waals surface area contributed by atoms with Crippen molar-refractivity contribution in [3.05, 3.63) is 82.6 Å². The second-order valence-electron chi connectivity index (χ2n) is 6.42. The lowest BCUT2D eigenvalue weighted by atomic mass is 10.0. The van der Waals surface area contributed by atoms with Crippen LogP contribution in [0.15, 0.2) is 64.6 Å². The van der Waals surface area contributed by atoms with E-state index in [-0.39, 0.29) is 11.1 Å². The molecule has 1 heterocycles. The molecule has 2 N–H and O–H groups in total. The molecule has 0 atom stereocenters. The van der Waals surface area contributed by atoms with Crippen LogP contribution in [0.3, 0.4) is 0 Å². The molecule has 0 saturated heterocycles. The number of para-hydroxylation sites is 1. The number of rotatable bonds is 5. The fraction of sp³-hybridized carbons (Fsp3) is 0.0870. The zero-order chi connectivity index (χ0) is 21.0. The molecule has 29 heavy (non-hydrogen) atoms. The van der Waals surface area contributed by atoms with Gasteiger partial charge >= 0.3 is 5.97 Å². The second kappa shape index (κ2) is 8.28. The SMILES string of the molecule is Cc1ccccc1NC(=O)/C(C#N)=C/c1ccc(-c2cccc(C(=O)O)c2C)o1. The first-order valence-electron chi connectivity index (χ1n) is 8.82. The van der Waals surface area contributed by atoms with Gasteiger partial charge in [0.05, 0.1) is 5.56 Å². The minimum absolute atomic E-state index is 0.106. The summed E-state index contributed by atoms with van der Waals surface area (Å²) in [7, 11) is 0. The molecule has 1 aromatic heterocycles. The third-order valence-corrected chi connectivity index (χ3v) is 4.50. The molecule has 0 fully saturated rings. The van der Waals surface area contributed by atoms with E-state index in [9.17, 15) is 20.0 Å². The van der Waals surface area contributed by atoms with Gasteiger partial charge in [0.15, 0.2) is 0 Å². The molecule has 144 valence electrons. The normalized spacial score (nSPS) is 11.0. The van der Waals surface area contributed by atoms with Gasteiger partial charge in [0.25, 0.3) is 5.91 Å². The van der Waals surface area contributed by atoms with Crippen LogP contribution < -0.4 is 5.32 Å². The largest absolute Gasteiger partial charge is 0.478 e. The topological polar surface area (TPSA) is 103 Å². The fourth-order valence-electron chi connectivity index (χ4n) is 2.90. The van der Waals surface area contributed by atoms with E-state index < -0.39 is 11.9 Å². The minimum atomic E-state index is -1.02. The number of anilines is 1.